The van der Waals surface area contributed by atoms with Gasteiger partial charge in [0.15, 0.2) is 0 Å². The second-order valence-corrected chi connectivity index (χ2v) is 11.5. The van der Waals surface area contributed by atoms with Gasteiger partial charge in [-0.3, -0.25) is 9.36 Å². The van der Waals surface area contributed by atoms with Gasteiger partial charge < -0.3 is 4.74 Å². The molecule has 1 atom stereocenters. The van der Waals surface area contributed by atoms with Gasteiger partial charge >= 0.3 is 0 Å². The standard InChI is InChI=1S/C28H29Cl2N3O4S/c1-4-6-17-32(38(35,36)26-18-20(29)11-16-24(26)30)19(3)27-31-25-10-8-7-9-23(25)28(34)33(27)21-12-14-22(15-13-21)37-5-2/h7-16,18-19H,4-6,17H2,1-3H3. The molecule has 0 N–H and O–H groups in total. The van der Waals surface area contributed by atoms with Crippen LogP contribution in [0.1, 0.15) is 45.5 Å². The molecule has 0 aliphatic carbocycles. The fraction of sp³-hybridized carbons (Fsp3) is 0.286. The topological polar surface area (TPSA) is 81.5 Å². The van der Waals surface area contributed by atoms with Crippen LogP contribution in [-0.4, -0.2) is 35.4 Å². The van der Waals surface area contributed by atoms with Crippen molar-refractivity contribution in [3.8, 4) is 11.4 Å². The molecule has 4 rings (SSSR count). The fourth-order valence-corrected chi connectivity index (χ4v) is 6.67. The SMILES string of the molecule is CCCCN(C(C)c1nc2ccccc2c(=O)n1-c1ccc(OCC)cc1)S(=O)(=O)c1cc(Cl)ccc1Cl. The van der Waals surface area contributed by atoms with Crippen LogP contribution in [0.5, 0.6) is 5.75 Å². The van der Waals surface area contributed by atoms with E-state index in [1.165, 1.54) is 27.1 Å². The maximum atomic E-state index is 14.0. The highest BCUT2D eigenvalue weighted by atomic mass is 35.5. The van der Waals surface area contributed by atoms with Crippen molar-refractivity contribution < 1.29 is 13.2 Å². The fourth-order valence-electron chi connectivity index (χ4n) is 4.30. The molecule has 0 saturated carbocycles. The lowest BCUT2D eigenvalue weighted by molar-refractivity contribution is 0.322. The molecular formula is C28H29Cl2N3O4S. The quantitative estimate of drug-likeness (QED) is 0.212. The first-order valence-electron chi connectivity index (χ1n) is 12.4. The minimum absolute atomic E-state index is 0.0680. The molecule has 7 nitrogen and oxygen atoms in total. The number of rotatable bonds is 10. The first-order valence-corrected chi connectivity index (χ1v) is 14.6. The van der Waals surface area contributed by atoms with Gasteiger partial charge in [0.1, 0.15) is 16.5 Å². The zero-order chi connectivity index (χ0) is 27.4. The van der Waals surface area contributed by atoms with Crippen molar-refractivity contribution in [2.45, 2.75) is 44.6 Å². The number of hydrogen-bond donors (Lipinski definition) is 0. The molecular weight excluding hydrogens is 545 g/mol. The molecule has 0 bridgehead atoms. The Morgan fingerprint density at radius 1 is 1.03 bits per heavy atom. The third kappa shape index (κ3) is 5.59. The van der Waals surface area contributed by atoms with E-state index in [2.05, 4.69) is 0 Å². The van der Waals surface area contributed by atoms with Gasteiger partial charge in [0.05, 0.1) is 34.3 Å². The molecule has 0 aliphatic rings. The molecule has 0 amide bonds. The first-order chi connectivity index (χ1) is 18.2. The summed E-state index contributed by atoms with van der Waals surface area (Å²) >= 11 is 12.5. The summed E-state index contributed by atoms with van der Waals surface area (Å²) in [7, 11) is -4.11. The monoisotopic (exact) mass is 573 g/mol. The van der Waals surface area contributed by atoms with Gasteiger partial charge in [-0.2, -0.15) is 4.31 Å². The number of unbranched alkanes of at least 4 members (excludes halogenated alkanes) is 1. The van der Waals surface area contributed by atoms with E-state index >= 15 is 0 Å². The number of nitrogens with zero attached hydrogens (tertiary/aromatic N) is 3. The number of hydrogen-bond acceptors (Lipinski definition) is 5. The Balaban J connectivity index is 1.94. The molecule has 1 unspecified atom stereocenters. The van der Waals surface area contributed by atoms with Crippen LogP contribution in [-0.2, 0) is 10.0 Å². The van der Waals surface area contributed by atoms with Gasteiger partial charge in [-0.05, 0) is 74.9 Å². The van der Waals surface area contributed by atoms with Crippen LogP contribution in [0.15, 0.2) is 76.4 Å². The highest BCUT2D eigenvalue weighted by molar-refractivity contribution is 7.89. The predicted molar refractivity (Wildman–Crippen MR) is 152 cm³/mol. The Morgan fingerprint density at radius 2 is 1.74 bits per heavy atom. The van der Waals surface area contributed by atoms with Crippen LogP contribution in [0.2, 0.25) is 10.0 Å². The van der Waals surface area contributed by atoms with Crippen molar-refractivity contribution >= 4 is 44.1 Å². The maximum absolute atomic E-state index is 14.0. The average molecular weight is 575 g/mol. The lowest BCUT2D eigenvalue weighted by Gasteiger charge is -2.30. The van der Waals surface area contributed by atoms with Crippen molar-refractivity contribution in [3.05, 3.63) is 93.0 Å². The Bertz CT molecular complexity index is 1610. The van der Waals surface area contributed by atoms with E-state index in [-0.39, 0.29) is 32.9 Å². The van der Waals surface area contributed by atoms with Crippen LogP contribution >= 0.6 is 23.2 Å². The zero-order valence-electron chi connectivity index (χ0n) is 21.4. The normalized spacial score (nSPS) is 12.7. The number of ether oxygens (including phenoxy) is 1. The second kappa shape index (κ2) is 11.9. The molecule has 0 radical (unpaired) electrons. The summed E-state index contributed by atoms with van der Waals surface area (Å²) < 4.78 is 36.4. The first kappa shape index (κ1) is 28.1. The summed E-state index contributed by atoms with van der Waals surface area (Å²) in [5, 5.41) is 0.753. The maximum Gasteiger partial charge on any atom is 0.266 e. The molecule has 0 saturated heterocycles. The van der Waals surface area contributed by atoms with E-state index in [0.717, 1.165) is 6.42 Å². The molecule has 4 aromatic rings. The van der Waals surface area contributed by atoms with Gasteiger partial charge in [-0.15, -0.1) is 0 Å². The number of fused-ring (bicyclic) bond motifs is 1. The molecule has 1 aromatic heterocycles. The second-order valence-electron chi connectivity index (χ2n) is 8.77. The van der Waals surface area contributed by atoms with E-state index in [4.69, 9.17) is 32.9 Å². The summed E-state index contributed by atoms with van der Waals surface area (Å²) in [6.07, 6.45) is 1.36. The van der Waals surface area contributed by atoms with Crippen molar-refractivity contribution in [2.24, 2.45) is 0 Å². The predicted octanol–water partition coefficient (Wildman–Crippen LogP) is 6.64. The zero-order valence-corrected chi connectivity index (χ0v) is 23.7. The molecule has 1 heterocycles. The smallest absolute Gasteiger partial charge is 0.266 e. The summed E-state index contributed by atoms with van der Waals surface area (Å²) in [6, 6.07) is 17.6. The number of halogens is 2. The molecule has 3 aromatic carbocycles. The summed E-state index contributed by atoms with van der Waals surface area (Å²) in [4.78, 5) is 18.5. The molecule has 38 heavy (non-hydrogen) atoms. The number of benzene rings is 3. The molecule has 0 fully saturated rings. The van der Waals surface area contributed by atoms with E-state index in [0.29, 0.717) is 35.4 Å². The van der Waals surface area contributed by atoms with Crippen molar-refractivity contribution in [1.29, 1.82) is 0 Å². The number of para-hydroxylation sites is 1. The van der Waals surface area contributed by atoms with E-state index in [9.17, 15) is 13.2 Å². The Kier molecular flexibility index (Phi) is 8.78. The largest absolute Gasteiger partial charge is 0.494 e. The van der Waals surface area contributed by atoms with Gasteiger partial charge in [0, 0.05) is 11.6 Å². The molecule has 10 heteroatoms. The molecule has 200 valence electrons. The number of aromatic nitrogens is 2. The van der Waals surface area contributed by atoms with Crippen molar-refractivity contribution in [3.63, 3.8) is 0 Å². The van der Waals surface area contributed by atoms with Crippen LogP contribution in [0, 0.1) is 0 Å². The molecule has 0 spiro atoms. The van der Waals surface area contributed by atoms with Crippen molar-refractivity contribution in [1.82, 2.24) is 13.9 Å². The average Bonchev–Trinajstić information content (AvgIpc) is 2.90. The van der Waals surface area contributed by atoms with E-state index in [1.54, 1.807) is 55.5 Å². The number of sulfonamides is 1. The van der Waals surface area contributed by atoms with Crippen molar-refractivity contribution in [2.75, 3.05) is 13.2 Å². The minimum atomic E-state index is -4.11. The third-order valence-corrected chi connectivity index (χ3v) is 8.91. The van der Waals surface area contributed by atoms with Gasteiger partial charge in [0.2, 0.25) is 10.0 Å². The molecule has 0 aliphatic heterocycles. The lowest BCUT2D eigenvalue weighted by atomic mass is 10.2. The van der Waals surface area contributed by atoms with Gasteiger partial charge in [-0.1, -0.05) is 48.7 Å². The summed E-state index contributed by atoms with van der Waals surface area (Å²) in [5.41, 5.74) is 0.734. The Morgan fingerprint density at radius 3 is 2.42 bits per heavy atom. The minimum Gasteiger partial charge on any atom is -0.494 e. The van der Waals surface area contributed by atoms with Crippen LogP contribution < -0.4 is 10.3 Å². The lowest BCUT2D eigenvalue weighted by Crippen LogP contribution is -2.38. The highest BCUT2D eigenvalue weighted by Gasteiger charge is 2.34. The van der Waals surface area contributed by atoms with Crippen LogP contribution in [0.4, 0.5) is 0 Å². The van der Waals surface area contributed by atoms with Gasteiger partial charge in [-0.25, -0.2) is 13.4 Å². The third-order valence-electron chi connectivity index (χ3n) is 6.23. The Labute approximate surface area is 232 Å². The summed E-state index contributed by atoms with van der Waals surface area (Å²) in [5.74, 6) is 0.950. The van der Waals surface area contributed by atoms with E-state index in [1.807, 2.05) is 13.8 Å². The van der Waals surface area contributed by atoms with Crippen LogP contribution in [0.3, 0.4) is 0 Å². The highest BCUT2D eigenvalue weighted by Crippen LogP contribution is 2.33. The summed E-state index contributed by atoms with van der Waals surface area (Å²) in [6.45, 7) is 6.31. The van der Waals surface area contributed by atoms with E-state index < -0.39 is 16.1 Å². The Hall–Kier alpha value is -2.91. The van der Waals surface area contributed by atoms with Gasteiger partial charge in [0.25, 0.3) is 5.56 Å². The van der Waals surface area contributed by atoms with Crippen LogP contribution in [0.25, 0.3) is 16.6 Å².